The molecule has 0 unspecified atom stereocenters. The molecule has 1 aromatic rings. The number of nitrogens with one attached hydrogen (secondary N) is 1. The van der Waals surface area contributed by atoms with Crippen molar-refractivity contribution in [3.05, 3.63) is 28.3 Å². The number of nitrogens with zero attached hydrogens (tertiary/aromatic N) is 1. The number of aryl methyl sites for hydroxylation is 1. The van der Waals surface area contributed by atoms with E-state index in [-0.39, 0.29) is 29.2 Å². The van der Waals surface area contributed by atoms with Gasteiger partial charge in [0.15, 0.2) is 5.78 Å². The van der Waals surface area contributed by atoms with Crippen LogP contribution in [-0.4, -0.2) is 24.3 Å². The summed E-state index contributed by atoms with van der Waals surface area (Å²) in [5.74, 6) is -2.39. The summed E-state index contributed by atoms with van der Waals surface area (Å²) in [4.78, 5) is 34.8. The third kappa shape index (κ3) is 3.45. The second-order valence-electron chi connectivity index (χ2n) is 4.46. The first-order valence-corrected chi connectivity index (χ1v) is 6.36. The van der Waals surface area contributed by atoms with Gasteiger partial charge < -0.3 is 10.1 Å². The molecular formula is C15H16N2O4. The number of anilines is 1. The van der Waals surface area contributed by atoms with E-state index in [0.29, 0.717) is 5.56 Å². The highest BCUT2D eigenvalue weighted by atomic mass is 16.5. The maximum atomic E-state index is 11.7. The fourth-order valence-electron chi connectivity index (χ4n) is 1.82. The molecular weight excluding hydrogens is 272 g/mol. The molecule has 1 rings (SSSR count). The average Bonchev–Trinajstić information content (AvgIpc) is 2.42. The highest BCUT2D eigenvalue weighted by Gasteiger charge is 2.22. The molecule has 0 heterocycles. The third-order valence-corrected chi connectivity index (χ3v) is 3.04. The van der Waals surface area contributed by atoms with E-state index in [9.17, 15) is 19.6 Å². The maximum absolute atomic E-state index is 11.7. The van der Waals surface area contributed by atoms with Crippen LogP contribution < -0.4 is 5.32 Å². The van der Waals surface area contributed by atoms with Crippen molar-refractivity contribution >= 4 is 23.3 Å². The number of benzene rings is 1. The van der Waals surface area contributed by atoms with Gasteiger partial charge in [0, 0.05) is 5.56 Å². The van der Waals surface area contributed by atoms with Crippen LogP contribution in [0.1, 0.15) is 40.9 Å². The molecule has 0 fully saturated rings. The Labute approximate surface area is 122 Å². The number of hydrogen-bond acceptors (Lipinski definition) is 5. The number of ketones is 1. The number of carbonyl (C=O) groups excluding carboxylic acids is 3. The minimum Gasteiger partial charge on any atom is -0.459 e. The minimum absolute atomic E-state index is 0.0474. The van der Waals surface area contributed by atoms with Gasteiger partial charge in [-0.1, -0.05) is 0 Å². The lowest BCUT2D eigenvalue weighted by Crippen LogP contribution is -2.26. The lowest BCUT2D eigenvalue weighted by Gasteiger charge is -2.14. The smallest absolute Gasteiger partial charge is 0.397 e. The molecule has 0 aliphatic heterocycles. The van der Waals surface area contributed by atoms with E-state index < -0.39 is 11.9 Å². The molecule has 6 heteroatoms. The van der Waals surface area contributed by atoms with Crippen LogP contribution >= 0.6 is 0 Å². The van der Waals surface area contributed by atoms with Gasteiger partial charge in [-0.15, -0.1) is 0 Å². The fourth-order valence-corrected chi connectivity index (χ4v) is 1.82. The standard InChI is InChI=1S/C15H16N2O4/c1-5-21-15(20)14(19)17-13-11(10(4)18)6-8(2)9(3)12(13)7-16/h6H,5H2,1-4H3,(H,17,19). The topological polar surface area (TPSA) is 96.3 Å². The molecule has 0 aromatic heterocycles. The van der Waals surface area contributed by atoms with E-state index in [4.69, 9.17) is 0 Å². The van der Waals surface area contributed by atoms with Crippen molar-refractivity contribution in [3.8, 4) is 6.07 Å². The van der Waals surface area contributed by atoms with Crippen molar-refractivity contribution in [1.29, 1.82) is 5.26 Å². The van der Waals surface area contributed by atoms with Gasteiger partial charge in [0.05, 0.1) is 17.9 Å². The van der Waals surface area contributed by atoms with Gasteiger partial charge in [-0.3, -0.25) is 9.59 Å². The molecule has 6 nitrogen and oxygen atoms in total. The molecule has 0 saturated heterocycles. The summed E-state index contributed by atoms with van der Waals surface area (Å²) in [6.07, 6.45) is 0. The van der Waals surface area contributed by atoms with Crippen LogP contribution in [0.25, 0.3) is 0 Å². The largest absolute Gasteiger partial charge is 0.459 e. The average molecular weight is 288 g/mol. The van der Waals surface area contributed by atoms with Crippen molar-refractivity contribution in [2.24, 2.45) is 0 Å². The van der Waals surface area contributed by atoms with Crippen LogP contribution in [0.3, 0.4) is 0 Å². The molecule has 0 radical (unpaired) electrons. The van der Waals surface area contributed by atoms with Gasteiger partial charge in [-0.25, -0.2) is 4.79 Å². The normalized spacial score (nSPS) is 9.67. The molecule has 0 spiro atoms. The van der Waals surface area contributed by atoms with Crippen molar-refractivity contribution in [1.82, 2.24) is 0 Å². The highest BCUT2D eigenvalue weighted by Crippen LogP contribution is 2.27. The van der Waals surface area contributed by atoms with Crippen molar-refractivity contribution in [2.45, 2.75) is 27.7 Å². The fraction of sp³-hybridized carbons (Fsp3) is 0.333. The summed E-state index contributed by atoms with van der Waals surface area (Å²) in [6.45, 7) is 6.43. The van der Waals surface area contributed by atoms with Gasteiger partial charge in [0.25, 0.3) is 0 Å². The summed E-state index contributed by atoms with van der Waals surface area (Å²) in [6, 6.07) is 3.54. The van der Waals surface area contributed by atoms with Crippen LogP contribution in [0.15, 0.2) is 6.07 Å². The Hall–Kier alpha value is -2.68. The molecule has 0 saturated carbocycles. The van der Waals surface area contributed by atoms with Crippen molar-refractivity contribution in [2.75, 3.05) is 11.9 Å². The Morgan fingerprint density at radius 1 is 1.33 bits per heavy atom. The molecule has 0 atom stereocenters. The molecule has 21 heavy (non-hydrogen) atoms. The number of hydrogen-bond donors (Lipinski definition) is 1. The van der Waals surface area contributed by atoms with Crippen LogP contribution in [0, 0.1) is 25.2 Å². The number of ether oxygens (including phenoxy) is 1. The third-order valence-electron chi connectivity index (χ3n) is 3.04. The highest BCUT2D eigenvalue weighted by molar-refractivity contribution is 6.37. The minimum atomic E-state index is -1.06. The first kappa shape index (κ1) is 16.4. The molecule has 110 valence electrons. The monoisotopic (exact) mass is 288 g/mol. The second kappa shape index (κ2) is 6.66. The van der Waals surface area contributed by atoms with Crippen molar-refractivity contribution in [3.63, 3.8) is 0 Å². The molecule has 1 N–H and O–H groups in total. The zero-order valence-electron chi connectivity index (χ0n) is 12.4. The zero-order chi connectivity index (χ0) is 16.2. The first-order chi connectivity index (χ1) is 9.83. The SMILES string of the molecule is CCOC(=O)C(=O)Nc1c(C(C)=O)cc(C)c(C)c1C#N. The second-order valence-corrected chi connectivity index (χ2v) is 4.46. The quantitative estimate of drug-likeness (QED) is 0.520. The molecule has 1 aromatic carbocycles. The van der Waals surface area contributed by atoms with E-state index in [2.05, 4.69) is 10.1 Å². The predicted octanol–water partition coefficient (Wildman–Crippen LogP) is 1.88. The Bertz CT molecular complexity index is 657. The molecule has 0 bridgehead atoms. The Morgan fingerprint density at radius 3 is 2.43 bits per heavy atom. The molecule has 1 amide bonds. The van der Waals surface area contributed by atoms with Gasteiger partial charge in [0.2, 0.25) is 0 Å². The number of nitriles is 1. The predicted molar refractivity (Wildman–Crippen MR) is 75.9 cm³/mol. The summed E-state index contributed by atoms with van der Waals surface area (Å²) in [5.41, 5.74) is 1.80. The summed E-state index contributed by atoms with van der Waals surface area (Å²) in [5, 5.41) is 11.6. The van der Waals surface area contributed by atoms with Gasteiger partial charge >= 0.3 is 11.9 Å². The number of rotatable bonds is 3. The Balaban J connectivity index is 3.37. The van der Waals surface area contributed by atoms with Gasteiger partial charge in [0.1, 0.15) is 6.07 Å². The van der Waals surface area contributed by atoms with Crippen LogP contribution in [-0.2, 0) is 14.3 Å². The van der Waals surface area contributed by atoms with Crippen LogP contribution in [0.5, 0.6) is 0 Å². The Morgan fingerprint density at radius 2 is 1.95 bits per heavy atom. The van der Waals surface area contributed by atoms with Crippen LogP contribution in [0.4, 0.5) is 5.69 Å². The first-order valence-electron chi connectivity index (χ1n) is 6.36. The maximum Gasteiger partial charge on any atom is 0.397 e. The number of esters is 1. The number of amides is 1. The van der Waals surface area contributed by atoms with Gasteiger partial charge in [-0.2, -0.15) is 5.26 Å². The van der Waals surface area contributed by atoms with E-state index in [1.54, 1.807) is 26.8 Å². The summed E-state index contributed by atoms with van der Waals surface area (Å²) >= 11 is 0. The zero-order valence-corrected chi connectivity index (χ0v) is 12.4. The molecule has 0 aliphatic carbocycles. The van der Waals surface area contributed by atoms with E-state index in [1.807, 2.05) is 6.07 Å². The summed E-state index contributed by atoms with van der Waals surface area (Å²) < 4.78 is 4.58. The summed E-state index contributed by atoms with van der Waals surface area (Å²) in [7, 11) is 0. The van der Waals surface area contributed by atoms with E-state index >= 15 is 0 Å². The van der Waals surface area contributed by atoms with E-state index in [0.717, 1.165) is 5.56 Å². The lowest BCUT2D eigenvalue weighted by atomic mass is 9.95. The van der Waals surface area contributed by atoms with Crippen molar-refractivity contribution < 1.29 is 19.1 Å². The van der Waals surface area contributed by atoms with E-state index in [1.165, 1.54) is 6.92 Å². The van der Waals surface area contributed by atoms with Gasteiger partial charge in [-0.05, 0) is 44.9 Å². The number of Topliss-reactive ketones (excluding diaryl/α,β-unsaturated/α-hetero) is 1. The molecule has 0 aliphatic rings. The van der Waals surface area contributed by atoms with Crippen LogP contribution in [0.2, 0.25) is 0 Å². The Kier molecular flexibility index (Phi) is 5.19. The number of carbonyl (C=O) groups is 3. The lowest BCUT2D eigenvalue weighted by molar-refractivity contribution is -0.152.